The Kier molecular flexibility index (Phi) is 28.5. The van der Waals surface area contributed by atoms with E-state index in [-0.39, 0.29) is 35.3 Å². The molecular weight excluding hydrogens is 783 g/mol. The molecule has 1 rings (SSSR count). The Morgan fingerprint density at radius 1 is 0.600 bits per heavy atom. The number of carboxylic acid groups (broad SMARTS) is 1. The molecule has 8 nitrogen and oxygen atoms in total. The Hall–Kier alpha value is -1.73. The van der Waals surface area contributed by atoms with Gasteiger partial charge >= 0.3 is 12.1 Å². The van der Waals surface area contributed by atoms with E-state index < -0.39 is 34.9 Å². The summed E-state index contributed by atoms with van der Waals surface area (Å²) >= 11 is 0. The van der Waals surface area contributed by atoms with E-state index in [2.05, 4.69) is 86.5 Å². The van der Waals surface area contributed by atoms with Gasteiger partial charge in [-0.05, 0) is 80.5 Å². The molecular formula is C50H95NO7Si2. The van der Waals surface area contributed by atoms with Crippen molar-refractivity contribution in [3.05, 3.63) is 35.9 Å². The van der Waals surface area contributed by atoms with Crippen LogP contribution in [0.15, 0.2) is 30.3 Å². The van der Waals surface area contributed by atoms with Crippen LogP contribution < -0.4 is 0 Å². The highest BCUT2D eigenvalue weighted by Gasteiger charge is 2.41. The second-order valence-electron chi connectivity index (χ2n) is 20.8. The van der Waals surface area contributed by atoms with Gasteiger partial charge in [-0.2, -0.15) is 0 Å². The van der Waals surface area contributed by atoms with Gasteiger partial charge in [-0.1, -0.05) is 188 Å². The van der Waals surface area contributed by atoms with Crippen molar-refractivity contribution < 1.29 is 33.0 Å². The zero-order valence-corrected chi connectivity index (χ0v) is 43.1. The molecule has 0 saturated heterocycles. The smallest absolute Gasteiger partial charge is 0.479 e. The molecule has 0 spiro atoms. The highest BCUT2D eigenvalue weighted by atomic mass is 28.4. The zero-order chi connectivity index (χ0) is 45.1. The van der Waals surface area contributed by atoms with Gasteiger partial charge in [0, 0.05) is 13.1 Å². The Balaban J connectivity index is 3.23. The summed E-state index contributed by atoms with van der Waals surface area (Å²) in [4.78, 5) is 27.3. The molecule has 2 unspecified atom stereocenters. The maximum Gasteiger partial charge on any atom is 0.509 e. The fourth-order valence-electron chi connectivity index (χ4n) is 7.17. The standard InChI is InChI=1S/C50H95NO7Si2/c1-13-15-17-19-21-23-25-30-36-44(57-59(9,10)49(3,4)5)40-51(39-33-32-38-46(47(52)53)56-48(54)55-42-43-34-28-27-29-35-43)41-45(58-60(11,12)50(6,7)8)37-31-26-24-22-20-18-16-14-2/h27-29,34-35,44-46H,13-26,30-33,36-42H2,1-12H3,(H,52,53)/t44-,45?,46?/m1/s1. The molecule has 0 aliphatic rings. The van der Waals surface area contributed by atoms with Gasteiger partial charge in [-0.3, -0.25) is 4.90 Å². The molecule has 0 amide bonds. The average molecular weight is 878 g/mol. The largest absolute Gasteiger partial charge is 0.509 e. The van der Waals surface area contributed by atoms with Crippen LogP contribution in [0.25, 0.3) is 0 Å². The van der Waals surface area contributed by atoms with Crippen LogP contribution in [-0.2, 0) is 29.7 Å². The van der Waals surface area contributed by atoms with Crippen molar-refractivity contribution in [3.8, 4) is 0 Å². The number of benzene rings is 1. The molecule has 0 radical (unpaired) electrons. The van der Waals surface area contributed by atoms with E-state index in [1.807, 2.05) is 30.3 Å². The van der Waals surface area contributed by atoms with Crippen molar-refractivity contribution in [2.75, 3.05) is 19.6 Å². The van der Waals surface area contributed by atoms with Crippen LogP contribution in [0.1, 0.15) is 196 Å². The predicted molar refractivity (Wildman–Crippen MR) is 258 cm³/mol. The minimum atomic E-state index is -2.06. The molecule has 1 aromatic carbocycles. The molecule has 60 heavy (non-hydrogen) atoms. The number of hydrogen-bond donors (Lipinski definition) is 1. The molecule has 0 fully saturated rings. The number of aliphatic carboxylic acids is 1. The fourth-order valence-corrected chi connectivity index (χ4v) is 9.93. The zero-order valence-electron chi connectivity index (χ0n) is 41.1. The van der Waals surface area contributed by atoms with E-state index in [1.54, 1.807) is 0 Å². The Morgan fingerprint density at radius 2 is 1.00 bits per heavy atom. The number of rotatable bonds is 35. The van der Waals surface area contributed by atoms with Gasteiger partial charge in [0.15, 0.2) is 16.6 Å². The molecule has 350 valence electrons. The first-order chi connectivity index (χ1) is 28.2. The van der Waals surface area contributed by atoms with Crippen LogP contribution >= 0.6 is 0 Å². The van der Waals surface area contributed by atoms with Gasteiger partial charge in [-0.15, -0.1) is 0 Å². The summed E-state index contributed by atoms with van der Waals surface area (Å²) in [5, 5.41) is 10.2. The molecule has 0 saturated carbocycles. The fraction of sp³-hybridized carbons (Fsp3) is 0.840. The van der Waals surface area contributed by atoms with Gasteiger partial charge in [0.25, 0.3) is 0 Å². The minimum absolute atomic E-state index is 0.0368. The SMILES string of the molecule is CCCCCCCCCCC(CN(CCCCC(OC(=O)OCc1ccccc1)C(=O)O)C[C@@H](CCCCCCCCCC)O[Si](C)(C)C(C)(C)C)O[Si](C)(C)C(C)(C)C. The molecule has 0 heterocycles. The van der Waals surface area contributed by atoms with Crippen LogP contribution in [0.4, 0.5) is 4.79 Å². The molecule has 3 atom stereocenters. The molecule has 0 aliphatic heterocycles. The summed E-state index contributed by atoms with van der Waals surface area (Å²) < 4.78 is 25.1. The van der Waals surface area contributed by atoms with E-state index in [4.69, 9.17) is 18.3 Å². The van der Waals surface area contributed by atoms with Gasteiger partial charge in [0.1, 0.15) is 6.61 Å². The summed E-state index contributed by atoms with van der Waals surface area (Å²) in [6, 6.07) is 9.32. The minimum Gasteiger partial charge on any atom is -0.479 e. The molecule has 1 N–H and O–H groups in total. The number of hydrogen-bond acceptors (Lipinski definition) is 7. The average Bonchev–Trinajstić information content (AvgIpc) is 3.16. The molecule has 10 heteroatoms. The molecule has 0 bridgehead atoms. The Bertz CT molecular complexity index is 1190. The number of ether oxygens (including phenoxy) is 2. The van der Waals surface area contributed by atoms with Crippen molar-refractivity contribution in [3.63, 3.8) is 0 Å². The van der Waals surface area contributed by atoms with Crippen LogP contribution in [0.2, 0.25) is 36.3 Å². The van der Waals surface area contributed by atoms with E-state index in [9.17, 15) is 14.7 Å². The first kappa shape index (κ1) is 56.3. The van der Waals surface area contributed by atoms with E-state index in [0.717, 1.165) is 44.5 Å². The Labute approximate surface area is 372 Å². The number of carbonyl (C=O) groups is 2. The monoisotopic (exact) mass is 878 g/mol. The van der Waals surface area contributed by atoms with E-state index in [1.165, 1.54) is 103 Å². The highest BCUT2D eigenvalue weighted by Crippen LogP contribution is 2.39. The lowest BCUT2D eigenvalue weighted by molar-refractivity contribution is -0.148. The topological polar surface area (TPSA) is 94.5 Å². The van der Waals surface area contributed by atoms with Crippen molar-refractivity contribution in [2.24, 2.45) is 0 Å². The first-order valence-corrected chi connectivity index (χ1v) is 30.2. The number of carboxylic acids is 1. The third kappa shape index (κ3) is 25.4. The van der Waals surface area contributed by atoms with Crippen LogP contribution in [0, 0.1) is 0 Å². The number of unbranched alkanes of at least 4 members (excludes halogenated alkanes) is 15. The van der Waals surface area contributed by atoms with Gasteiger partial charge in [0.05, 0.1) is 12.2 Å². The Morgan fingerprint density at radius 3 is 1.40 bits per heavy atom. The summed E-state index contributed by atoms with van der Waals surface area (Å²) in [6.45, 7) is 30.5. The number of carbonyl (C=O) groups excluding carboxylic acids is 1. The molecule has 0 aromatic heterocycles. The second kappa shape index (κ2) is 30.4. The highest BCUT2D eigenvalue weighted by molar-refractivity contribution is 6.74. The summed E-state index contributed by atoms with van der Waals surface area (Å²) in [7, 11) is -4.12. The summed E-state index contributed by atoms with van der Waals surface area (Å²) in [5.74, 6) is -1.15. The number of nitrogens with zero attached hydrogens (tertiary/aromatic N) is 1. The van der Waals surface area contributed by atoms with Crippen molar-refractivity contribution in [2.45, 2.75) is 251 Å². The molecule has 1 aromatic rings. The third-order valence-corrected chi connectivity index (χ3v) is 22.2. The lowest BCUT2D eigenvalue weighted by atomic mass is 10.0. The first-order valence-electron chi connectivity index (χ1n) is 24.4. The lowest BCUT2D eigenvalue weighted by Gasteiger charge is -2.42. The lowest BCUT2D eigenvalue weighted by Crippen LogP contribution is -2.50. The second-order valence-corrected chi connectivity index (χ2v) is 30.3. The maximum atomic E-state index is 12.5. The van der Waals surface area contributed by atoms with Crippen molar-refractivity contribution >= 4 is 28.8 Å². The van der Waals surface area contributed by atoms with Crippen molar-refractivity contribution in [1.82, 2.24) is 4.90 Å². The quantitative estimate of drug-likeness (QED) is 0.0409. The van der Waals surface area contributed by atoms with Crippen LogP contribution in [0.3, 0.4) is 0 Å². The van der Waals surface area contributed by atoms with Crippen LogP contribution in [0.5, 0.6) is 0 Å². The third-order valence-electron chi connectivity index (χ3n) is 13.1. The maximum absolute atomic E-state index is 12.5. The van der Waals surface area contributed by atoms with Crippen LogP contribution in [-0.4, -0.2) is 76.7 Å². The van der Waals surface area contributed by atoms with Gasteiger partial charge in [0.2, 0.25) is 6.10 Å². The summed E-state index contributed by atoms with van der Waals surface area (Å²) in [6.07, 6.45) is 22.4. The van der Waals surface area contributed by atoms with E-state index >= 15 is 0 Å². The normalized spacial score (nSPS) is 14.3. The predicted octanol–water partition coefficient (Wildman–Crippen LogP) is 15.1. The van der Waals surface area contributed by atoms with Gasteiger partial charge in [-0.25, -0.2) is 9.59 Å². The van der Waals surface area contributed by atoms with E-state index in [0.29, 0.717) is 6.42 Å². The van der Waals surface area contributed by atoms with Gasteiger partial charge < -0.3 is 23.4 Å². The molecule has 0 aliphatic carbocycles. The summed E-state index contributed by atoms with van der Waals surface area (Å²) in [5.41, 5.74) is 0.818. The van der Waals surface area contributed by atoms with Crippen molar-refractivity contribution in [1.29, 1.82) is 0 Å².